The van der Waals surface area contributed by atoms with Gasteiger partial charge in [-0.25, -0.2) is 13.2 Å². The van der Waals surface area contributed by atoms with Gasteiger partial charge in [0.15, 0.2) is 0 Å². The van der Waals surface area contributed by atoms with E-state index >= 15 is 0 Å². The first-order valence-corrected chi connectivity index (χ1v) is 12.3. The summed E-state index contributed by atoms with van der Waals surface area (Å²) in [7, 11) is -3.79. The summed E-state index contributed by atoms with van der Waals surface area (Å²) in [5.74, 6) is -1.05. The van der Waals surface area contributed by atoms with Gasteiger partial charge < -0.3 is 10.1 Å². The zero-order valence-corrected chi connectivity index (χ0v) is 20.0. The SMILES string of the molecule is CC(C)(C)c1ccc(S(=O)(=O)Nc2ccc3[nH]c(C=CC(=O)O)c(-c4ccccc4)c3c2)cc1. The van der Waals surface area contributed by atoms with Crippen molar-refractivity contribution in [2.24, 2.45) is 0 Å². The Hall–Kier alpha value is -3.84. The number of hydrogen-bond donors (Lipinski definition) is 3. The maximum absolute atomic E-state index is 13.0. The van der Waals surface area contributed by atoms with Crippen molar-refractivity contribution >= 4 is 38.7 Å². The highest BCUT2D eigenvalue weighted by Crippen LogP contribution is 2.35. The molecule has 1 heterocycles. The van der Waals surface area contributed by atoms with E-state index in [2.05, 4.69) is 30.5 Å². The number of carboxylic acid groups (broad SMARTS) is 1. The van der Waals surface area contributed by atoms with E-state index in [0.717, 1.165) is 33.7 Å². The van der Waals surface area contributed by atoms with Gasteiger partial charge in [0.25, 0.3) is 10.0 Å². The van der Waals surface area contributed by atoms with Crippen molar-refractivity contribution in [3.8, 4) is 11.1 Å². The van der Waals surface area contributed by atoms with Gasteiger partial charge >= 0.3 is 5.97 Å². The molecule has 0 aliphatic heterocycles. The summed E-state index contributed by atoms with van der Waals surface area (Å²) in [5, 5.41) is 9.85. The molecule has 7 heteroatoms. The maximum atomic E-state index is 13.0. The third-order valence-electron chi connectivity index (χ3n) is 5.57. The molecule has 0 amide bonds. The molecule has 0 radical (unpaired) electrons. The summed E-state index contributed by atoms with van der Waals surface area (Å²) in [6.45, 7) is 6.22. The Kier molecular flexibility index (Phi) is 6.06. The van der Waals surface area contributed by atoms with Crippen LogP contribution < -0.4 is 4.72 Å². The van der Waals surface area contributed by atoms with Crippen molar-refractivity contribution in [2.75, 3.05) is 4.72 Å². The minimum atomic E-state index is -3.79. The van der Waals surface area contributed by atoms with Crippen LogP contribution in [-0.2, 0) is 20.2 Å². The summed E-state index contributed by atoms with van der Waals surface area (Å²) in [5.41, 5.74) is 4.46. The summed E-state index contributed by atoms with van der Waals surface area (Å²) in [6.07, 6.45) is 2.58. The fourth-order valence-corrected chi connectivity index (χ4v) is 4.87. The highest BCUT2D eigenvalue weighted by Gasteiger charge is 2.19. The summed E-state index contributed by atoms with van der Waals surface area (Å²) < 4.78 is 28.8. The molecule has 4 aromatic rings. The molecule has 0 saturated carbocycles. The van der Waals surface area contributed by atoms with Crippen molar-refractivity contribution in [3.63, 3.8) is 0 Å². The van der Waals surface area contributed by atoms with Gasteiger partial charge in [0.05, 0.1) is 4.90 Å². The number of aromatic amines is 1. The van der Waals surface area contributed by atoms with Crippen molar-refractivity contribution in [1.29, 1.82) is 0 Å². The van der Waals surface area contributed by atoms with Crippen LogP contribution in [0.1, 0.15) is 32.0 Å². The first-order valence-electron chi connectivity index (χ1n) is 10.8. The average Bonchev–Trinajstić information content (AvgIpc) is 3.15. The average molecular weight is 475 g/mol. The number of fused-ring (bicyclic) bond motifs is 1. The number of nitrogens with one attached hydrogen (secondary N) is 2. The number of rotatable bonds is 6. The second-order valence-electron chi connectivity index (χ2n) is 9.09. The number of benzene rings is 3. The normalized spacial score (nSPS) is 12.3. The van der Waals surface area contributed by atoms with E-state index in [1.807, 2.05) is 42.5 Å². The standard InChI is InChI=1S/C27H26N2O4S/c1-27(2,3)19-9-12-21(13-10-19)34(32,33)29-20-11-14-23-22(17-20)26(18-7-5-4-6-8-18)24(28-23)15-16-25(30)31/h4-17,28-29H,1-3H3,(H,30,31). The minimum Gasteiger partial charge on any atom is -0.478 e. The number of hydrogen-bond acceptors (Lipinski definition) is 3. The smallest absolute Gasteiger partial charge is 0.328 e. The Morgan fingerprint density at radius 3 is 2.26 bits per heavy atom. The monoisotopic (exact) mass is 474 g/mol. The van der Waals surface area contributed by atoms with Crippen LogP contribution in [0.3, 0.4) is 0 Å². The molecule has 0 bridgehead atoms. The lowest BCUT2D eigenvalue weighted by molar-refractivity contribution is -0.131. The van der Waals surface area contributed by atoms with Crippen LogP contribution in [0.2, 0.25) is 0 Å². The molecule has 0 saturated heterocycles. The molecular formula is C27H26N2O4S. The first-order chi connectivity index (χ1) is 16.0. The van der Waals surface area contributed by atoms with E-state index < -0.39 is 16.0 Å². The van der Waals surface area contributed by atoms with Gasteiger partial charge in [0.1, 0.15) is 0 Å². The van der Waals surface area contributed by atoms with E-state index in [1.54, 1.807) is 30.3 Å². The Morgan fingerprint density at radius 1 is 0.971 bits per heavy atom. The maximum Gasteiger partial charge on any atom is 0.328 e. The molecule has 6 nitrogen and oxygen atoms in total. The van der Waals surface area contributed by atoms with E-state index in [0.29, 0.717) is 11.4 Å². The Morgan fingerprint density at radius 2 is 1.65 bits per heavy atom. The van der Waals surface area contributed by atoms with Gasteiger partial charge in [-0.05, 0) is 52.9 Å². The lowest BCUT2D eigenvalue weighted by atomic mass is 9.87. The summed E-state index contributed by atoms with van der Waals surface area (Å²) in [6, 6.07) is 21.6. The van der Waals surface area contributed by atoms with Crippen molar-refractivity contribution in [2.45, 2.75) is 31.1 Å². The van der Waals surface area contributed by atoms with Crippen LogP contribution in [0.4, 0.5) is 5.69 Å². The molecule has 174 valence electrons. The van der Waals surface area contributed by atoms with Crippen LogP contribution in [0.15, 0.2) is 83.8 Å². The number of aliphatic carboxylic acids is 1. The highest BCUT2D eigenvalue weighted by atomic mass is 32.2. The number of carbonyl (C=O) groups is 1. The molecule has 34 heavy (non-hydrogen) atoms. The fourth-order valence-electron chi connectivity index (χ4n) is 3.82. The fraction of sp³-hybridized carbons (Fsp3) is 0.148. The first kappa shape index (κ1) is 23.3. The zero-order valence-electron chi connectivity index (χ0n) is 19.2. The van der Waals surface area contributed by atoms with Gasteiger partial charge in [-0.15, -0.1) is 0 Å². The van der Waals surface area contributed by atoms with Gasteiger partial charge in [-0.2, -0.15) is 0 Å². The number of sulfonamides is 1. The highest BCUT2D eigenvalue weighted by molar-refractivity contribution is 7.92. The molecule has 0 aliphatic rings. The molecule has 0 aliphatic carbocycles. The lowest BCUT2D eigenvalue weighted by Gasteiger charge is -2.19. The largest absolute Gasteiger partial charge is 0.478 e. The second kappa shape index (κ2) is 8.83. The predicted molar refractivity (Wildman–Crippen MR) is 136 cm³/mol. The zero-order chi connectivity index (χ0) is 24.5. The topological polar surface area (TPSA) is 99.3 Å². The van der Waals surface area contributed by atoms with Crippen molar-refractivity contribution in [1.82, 2.24) is 4.98 Å². The number of H-pyrrole nitrogens is 1. The van der Waals surface area contributed by atoms with Crippen LogP contribution >= 0.6 is 0 Å². The van der Waals surface area contributed by atoms with Crippen LogP contribution in [0.5, 0.6) is 0 Å². The number of aromatic nitrogens is 1. The Balaban J connectivity index is 1.75. The number of carboxylic acids is 1. The molecule has 0 fully saturated rings. The van der Waals surface area contributed by atoms with Crippen LogP contribution in [0.25, 0.3) is 28.1 Å². The van der Waals surface area contributed by atoms with Crippen LogP contribution in [-0.4, -0.2) is 24.5 Å². The molecular weight excluding hydrogens is 448 g/mol. The lowest BCUT2D eigenvalue weighted by Crippen LogP contribution is -2.14. The van der Waals surface area contributed by atoms with Gasteiger partial charge in [-0.1, -0.05) is 63.2 Å². The predicted octanol–water partition coefficient (Wildman–Crippen LogP) is 6.03. The van der Waals surface area contributed by atoms with Gasteiger partial charge in [0.2, 0.25) is 0 Å². The Bertz CT molecular complexity index is 1480. The van der Waals surface area contributed by atoms with Crippen molar-refractivity contribution < 1.29 is 18.3 Å². The van der Waals surface area contributed by atoms with Crippen LogP contribution in [0, 0.1) is 0 Å². The molecule has 1 aromatic heterocycles. The second-order valence-corrected chi connectivity index (χ2v) is 10.8. The van der Waals surface area contributed by atoms with Gasteiger partial charge in [-0.3, -0.25) is 4.72 Å². The summed E-state index contributed by atoms with van der Waals surface area (Å²) in [4.78, 5) is 14.5. The molecule has 0 atom stereocenters. The van der Waals surface area contributed by atoms with Crippen molar-refractivity contribution in [3.05, 3.63) is 90.1 Å². The quantitative estimate of drug-likeness (QED) is 0.297. The molecule has 3 aromatic carbocycles. The van der Waals surface area contributed by atoms with E-state index in [1.165, 1.54) is 6.08 Å². The van der Waals surface area contributed by atoms with E-state index in [9.17, 15) is 13.2 Å². The third-order valence-corrected chi connectivity index (χ3v) is 6.96. The molecule has 0 unspecified atom stereocenters. The Labute approximate surface area is 199 Å². The molecule has 4 rings (SSSR count). The molecule has 3 N–H and O–H groups in total. The molecule has 0 spiro atoms. The third kappa shape index (κ3) is 4.89. The van der Waals surface area contributed by atoms with E-state index in [-0.39, 0.29) is 10.3 Å². The summed E-state index contributed by atoms with van der Waals surface area (Å²) >= 11 is 0. The minimum absolute atomic E-state index is 0.0737. The van der Waals surface area contributed by atoms with E-state index in [4.69, 9.17) is 5.11 Å². The van der Waals surface area contributed by atoms with Gasteiger partial charge in [0, 0.05) is 33.9 Å². The number of anilines is 1.